The summed E-state index contributed by atoms with van der Waals surface area (Å²) in [6.45, 7) is 0.494. The molecular formula is C8H5F9O2. The molecule has 2 nitrogen and oxygen atoms in total. The van der Waals surface area contributed by atoms with Crippen LogP contribution >= 0.6 is 0 Å². The molecule has 0 aliphatic carbocycles. The molecule has 0 spiro atoms. The maximum absolute atomic E-state index is 12.7. The van der Waals surface area contributed by atoms with Gasteiger partial charge in [-0.2, -0.15) is 39.5 Å². The van der Waals surface area contributed by atoms with Crippen LogP contribution in [-0.2, 0) is 9.59 Å². The highest BCUT2D eigenvalue weighted by molar-refractivity contribution is 6.02. The van der Waals surface area contributed by atoms with Crippen molar-refractivity contribution < 1.29 is 49.1 Å². The first-order valence-corrected chi connectivity index (χ1v) is 4.32. The van der Waals surface area contributed by atoms with Gasteiger partial charge in [-0.25, -0.2) is 0 Å². The molecule has 0 unspecified atom stereocenters. The van der Waals surface area contributed by atoms with Crippen molar-refractivity contribution in [1.29, 1.82) is 0 Å². The van der Waals surface area contributed by atoms with Gasteiger partial charge in [0.2, 0.25) is 5.78 Å². The minimum atomic E-state index is -7.13. The van der Waals surface area contributed by atoms with Gasteiger partial charge in [-0.15, -0.1) is 0 Å². The Morgan fingerprint density at radius 3 is 1.42 bits per heavy atom. The summed E-state index contributed by atoms with van der Waals surface area (Å²) in [6, 6.07) is 0. The number of Topliss-reactive ketones (excluding diaryl/α,β-unsaturated/α-hetero) is 2. The number of hydrogen-bond donors (Lipinski definition) is 0. The van der Waals surface area contributed by atoms with Gasteiger partial charge in [0.05, 0.1) is 6.42 Å². The third-order valence-corrected chi connectivity index (χ3v) is 1.90. The number of carbonyl (C=O) groups is 2. The molecule has 0 bridgehead atoms. The van der Waals surface area contributed by atoms with Crippen LogP contribution in [0, 0.1) is 0 Å². The van der Waals surface area contributed by atoms with Crippen molar-refractivity contribution in [2.45, 2.75) is 37.3 Å². The molecule has 0 aliphatic rings. The van der Waals surface area contributed by atoms with E-state index >= 15 is 0 Å². The van der Waals surface area contributed by atoms with Crippen LogP contribution in [0.15, 0.2) is 0 Å². The SMILES string of the molecule is CC(=O)CC(=O)C(F)(F)C(F)(F)C(F)(F)C(F)(F)F. The summed E-state index contributed by atoms with van der Waals surface area (Å²) in [4.78, 5) is 20.8. The zero-order valence-electron chi connectivity index (χ0n) is 8.93. The zero-order valence-corrected chi connectivity index (χ0v) is 8.93. The van der Waals surface area contributed by atoms with Crippen molar-refractivity contribution in [2.75, 3.05) is 0 Å². The number of hydrogen-bond acceptors (Lipinski definition) is 2. The van der Waals surface area contributed by atoms with E-state index in [9.17, 15) is 49.1 Å². The lowest BCUT2D eigenvalue weighted by Gasteiger charge is -2.32. The number of rotatable bonds is 5. The molecule has 112 valence electrons. The Morgan fingerprint density at radius 1 is 0.789 bits per heavy atom. The van der Waals surface area contributed by atoms with Gasteiger partial charge in [0, 0.05) is 0 Å². The second-order valence-electron chi connectivity index (χ2n) is 3.52. The molecule has 0 aromatic rings. The van der Waals surface area contributed by atoms with Gasteiger partial charge in [0.25, 0.3) is 0 Å². The Bertz CT molecular complexity index is 382. The standard InChI is InChI=1S/C8H5F9O2/c1-3(18)2-4(19)5(9,10)6(11,12)7(13,14)8(15,16)17/h2H2,1H3. The summed E-state index contributed by atoms with van der Waals surface area (Å²) in [5.74, 6) is -24.9. The molecule has 0 aromatic carbocycles. The third-order valence-electron chi connectivity index (χ3n) is 1.90. The van der Waals surface area contributed by atoms with Crippen LogP contribution in [0.1, 0.15) is 13.3 Å². The molecule has 0 saturated heterocycles. The smallest absolute Gasteiger partial charge is 0.300 e. The molecule has 0 amide bonds. The molecule has 0 atom stereocenters. The lowest BCUT2D eigenvalue weighted by molar-refractivity contribution is -0.388. The van der Waals surface area contributed by atoms with E-state index in [1.165, 1.54) is 0 Å². The van der Waals surface area contributed by atoms with Crippen molar-refractivity contribution in [3.05, 3.63) is 0 Å². The normalized spacial score (nSPS) is 14.4. The second-order valence-corrected chi connectivity index (χ2v) is 3.52. The first-order valence-electron chi connectivity index (χ1n) is 4.32. The van der Waals surface area contributed by atoms with Crippen molar-refractivity contribution in [3.8, 4) is 0 Å². The van der Waals surface area contributed by atoms with Crippen molar-refractivity contribution in [1.82, 2.24) is 0 Å². The van der Waals surface area contributed by atoms with Crippen LogP contribution in [0.25, 0.3) is 0 Å². The molecule has 0 fully saturated rings. The fraction of sp³-hybridized carbons (Fsp3) is 0.750. The molecule has 19 heavy (non-hydrogen) atoms. The summed E-state index contributed by atoms with van der Waals surface area (Å²) in [6.07, 6.45) is -8.88. The maximum atomic E-state index is 12.7. The fourth-order valence-corrected chi connectivity index (χ4v) is 0.887. The van der Waals surface area contributed by atoms with Crippen LogP contribution in [-0.4, -0.2) is 35.5 Å². The Kier molecular flexibility index (Phi) is 4.36. The van der Waals surface area contributed by atoms with E-state index in [1.807, 2.05) is 0 Å². The summed E-state index contributed by atoms with van der Waals surface area (Å²) >= 11 is 0. The number of ketones is 2. The van der Waals surface area contributed by atoms with Crippen LogP contribution in [0.4, 0.5) is 39.5 Å². The Balaban J connectivity index is 5.63. The number of carbonyl (C=O) groups excluding carboxylic acids is 2. The van der Waals surface area contributed by atoms with Gasteiger partial charge in [0.15, 0.2) is 0 Å². The molecule has 11 heteroatoms. The van der Waals surface area contributed by atoms with Crippen molar-refractivity contribution >= 4 is 11.6 Å². The third kappa shape index (κ3) is 2.84. The highest BCUT2D eigenvalue weighted by Crippen LogP contribution is 2.53. The fourth-order valence-electron chi connectivity index (χ4n) is 0.887. The van der Waals surface area contributed by atoms with Gasteiger partial charge < -0.3 is 0 Å². The van der Waals surface area contributed by atoms with Crippen molar-refractivity contribution in [2.24, 2.45) is 0 Å². The molecule has 0 saturated carbocycles. The van der Waals surface area contributed by atoms with Crippen molar-refractivity contribution in [3.63, 3.8) is 0 Å². The Hall–Kier alpha value is -1.29. The molecule has 0 aliphatic heterocycles. The quantitative estimate of drug-likeness (QED) is 0.578. The first-order chi connectivity index (χ1) is 8.09. The van der Waals surface area contributed by atoms with E-state index in [0.29, 0.717) is 6.92 Å². The summed E-state index contributed by atoms with van der Waals surface area (Å²) in [5, 5.41) is 0. The highest BCUT2D eigenvalue weighted by atomic mass is 19.4. The predicted molar refractivity (Wildman–Crippen MR) is 41.2 cm³/mol. The molecule has 0 aromatic heterocycles. The highest BCUT2D eigenvalue weighted by Gasteiger charge is 2.83. The van der Waals surface area contributed by atoms with Crippen LogP contribution in [0.3, 0.4) is 0 Å². The van der Waals surface area contributed by atoms with Gasteiger partial charge >= 0.3 is 23.9 Å². The Labute approximate surface area is 99.1 Å². The van der Waals surface area contributed by atoms with E-state index in [1.54, 1.807) is 0 Å². The second kappa shape index (κ2) is 4.67. The molecule has 0 radical (unpaired) electrons. The van der Waals surface area contributed by atoms with E-state index in [2.05, 4.69) is 0 Å². The van der Waals surface area contributed by atoms with Gasteiger partial charge in [0.1, 0.15) is 5.78 Å². The first kappa shape index (κ1) is 17.7. The Morgan fingerprint density at radius 2 is 1.16 bits per heavy atom. The number of halogens is 9. The summed E-state index contributed by atoms with van der Waals surface area (Å²) in [5.41, 5.74) is 0. The zero-order chi connectivity index (χ0) is 15.9. The van der Waals surface area contributed by atoms with E-state index < -0.39 is 41.9 Å². The summed E-state index contributed by atoms with van der Waals surface area (Å²) < 4.78 is 110. The van der Waals surface area contributed by atoms with E-state index in [-0.39, 0.29) is 0 Å². The van der Waals surface area contributed by atoms with Crippen LogP contribution in [0.5, 0.6) is 0 Å². The van der Waals surface area contributed by atoms with Crippen LogP contribution < -0.4 is 0 Å². The summed E-state index contributed by atoms with van der Waals surface area (Å²) in [7, 11) is 0. The monoisotopic (exact) mass is 304 g/mol. The molecule has 0 rings (SSSR count). The minimum absolute atomic E-state index is 0.494. The number of alkyl halides is 9. The van der Waals surface area contributed by atoms with Gasteiger partial charge in [-0.3, -0.25) is 9.59 Å². The maximum Gasteiger partial charge on any atom is 0.460 e. The lowest BCUT2D eigenvalue weighted by Crippen LogP contribution is -2.63. The minimum Gasteiger partial charge on any atom is -0.300 e. The topological polar surface area (TPSA) is 34.1 Å². The molecular weight excluding hydrogens is 299 g/mol. The average Bonchev–Trinajstić information content (AvgIpc) is 2.13. The van der Waals surface area contributed by atoms with Crippen LogP contribution in [0.2, 0.25) is 0 Å². The molecule has 0 N–H and O–H groups in total. The average molecular weight is 304 g/mol. The van der Waals surface area contributed by atoms with E-state index in [4.69, 9.17) is 0 Å². The lowest BCUT2D eigenvalue weighted by atomic mass is 9.97. The molecule has 0 heterocycles. The van der Waals surface area contributed by atoms with E-state index in [0.717, 1.165) is 0 Å². The van der Waals surface area contributed by atoms with Gasteiger partial charge in [-0.1, -0.05) is 0 Å². The van der Waals surface area contributed by atoms with Gasteiger partial charge in [-0.05, 0) is 6.92 Å². The largest absolute Gasteiger partial charge is 0.460 e. The predicted octanol–water partition coefficient (Wildman–Crippen LogP) is 3.00.